The first-order valence-electron chi connectivity index (χ1n) is 6.46. The quantitative estimate of drug-likeness (QED) is 0.445. The van der Waals surface area contributed by atoms with Crippen molar-refractivity contribution in [2.45, 2.75) is 32.1 Å². The average Bonchev–Trinajstić information content (AvgIpc) is 2.89. The minimum atomic E-state index is 0.903. The van der Waals surface area contributed by atoms with E-state index in [2.05, 4.69) is 31.4 Å². The maximum atomic E-state index is 3.84. The molecule has 16 heavy (non-hydrogen) atoms. The average molecular weight is 214 g/mol. The maximum Gasteiger partial charge on any atom is -0.0199 e. The highest BCUT2D eigenvalue weighted by Gasteiger charge is 2.34. The van der Waals surface area contributed by atoms with E-state index in [1.165, 1.54) is 31.3 Å². The van der Waals surface area contributed by atoms with Gasteiger partial charge in [-0.1, -0.05) is 43.5 Å². The van der Waals surface area contributed by atoms with Gasteiger partial charge < -0.3 is 0 Å². The smallest absolute Gasteiger partial charge is 0.0199 e. The van der Waals surface area contributed by atoms with Crippen molar-refractivity contribution >= 4 is 0 Å². The summed E-state index contributed by atoms with van der Waals surface area (Å²) >= 11 is 0. The molecule has 2 aliphatic carbocycles. The monoisotopic (exact) mass is 214 g/mol. The van der Waals surface area contributed by atoms with E-state index in [9.17, 15) is 0 Å². The van der Waals surface area contributed by atoms with Crippen LogP contribution in [0.1, 0.15) is 32.1 Å². The van der Waals surface area contributed by atoms with E-state index in [4.69, 9.17) is 0 Å². The lowest BCUT2D eigenvalue weighted by Gasteiger charge is -2.17. The number of hydrogen-bond donors (Lipinski definition) is 0. The molecule has 3 atom stereocenters. The van der Waals surface area contributed by atoms with Gasteiger partial charge in [0.1, 0.15) is 0 Å². The fourth-order valence-corrected chi connectivity index (χ4v) is 3.20. The zero-order valence-corrected chi connectivity index (χ0v) is 10.1. The summed E-state index contributed by atoms with van der Waals surface area (Å²) < 4.78 is 0. The fourth-order valence-electron chi connectivity index (χ4n) is 3.20. The summed E-state index contributed by atoms with van der Waals surface area (Å²) in [6, 6.07) is 0. The van der Waals surface area contributed by atoms with Crippen LogP contribution in [-0.4, -0.2) is 0 Å². The van der Waals surface area contributed by atoms with Gasteiger partial charge >= 0.3 is 0 Å². The predicted molar refractivity (Wildman–Crippen MR) is 71.2 cm³/mol. The van der Waals surface area contributed by atoms with E-state index in [1.54, 1.807) is 0 Å². The summed E-state index contributed by atoms with van der Waals surface area (Å²) in [7, 11) is 0. The third kappa shape index (κ3) is 2.55. The first-order chi connectivity index (χ1) is 7.83. The van der Waals surface area contributed by atoms with Gasteiger partial charge in [0.25, 0.3) is 0 Å². The van der Waals surface area contributed by atoms with Crippen molar-refractivity contribution in [3.8, 4) is 0 Å². The van der Waals surface area contributed by atoms with Crippen LogP contribution in [0.4, 0.5) is 0 Å². The number of allylic oxidation sites excluding steroid dienone is 6. The molecule has 1 saturated carbocycles. The molecule has 0 saturated heterocycles. The van der Waals surface area contributed by atoms with Gasteiger partial charge in [0.05, 0.1) is 0 Å². The second-order valence-corrected chi connectivity index (χ2v) is 5.11. The Morgan fingerprint density at radius 2 is 2.12 bits per heavy atom. The Morgan fingerprint density at radius 3 is 2.69 bits per heavy atom. The predicted octanol–water partition coefficient (Wildman–Crippen LogP) is 4.67. The van der Waals surface area contributed by atoms with Crippen LogP contribution in [0.15, 0.2) is 49.1 Å². The van der Waals surface area contributed by atoms with Gasteiger partial charge in [-0.3, -0.25) is 0 Å². The number of fused-ring (bicyclic) bond motifs is 2. The Kier molecular flexibility index (Phi) is 3.82. The van der Waals surface area contributed by atoms with Crippen LogP contribution in [-0.2, 0) is 0 Å². The van der Waals surface area contributed by atoms with E-state index in [1.807, 2.05) is 12.2 Å². The van der Waals surface area contributed by atoms with Crippen molar-refractivity contribution in [3.63, 3.8) is 0 Å². The lowest BCUT2D eigenvalue weighted by Crippen LogP contribution is -2.06. The normalized spacial score (nSPS) is 32.0. The number of hydrogen-bond acceptors (Lipinski definition) is 0. The first kappa shape index (κ1) is 11.4. The molecule has 0 amide bonds. The minimum Gasteiger partial charge on any atom is -0.0991 e. The Balaban J connectivity index is 1.72. The molecule has 0 heteroatoms. The molecule has 0 aromatic heterocycles. The van der Waals surface area contributed by atoms with Crippen LogP contribution in [0.2, 0.25) is 0 Å². The molecule has 3 unspecified atom stereocenters. The van der Waals surface area contributed by atoms with Crippen LogP contribution in [0.3, 0.4) is 0 Å². The van der Waals surface area contributed by atoms with E-state index in [0.717, 1.165) is 24.2 Å². The van der Waals surface area contributed by atoms with Gasteiger partial charge in [-0.15, -0.1) is 0 Å². The lowest BCUT2D eigenvalue weighted by atomic mass is 9.88. The Labute approximate surface area is 99.4 Å². The van der Waals surface area contributed by atoms with E-state index in [-0.39, 0.29) is 0 Å². The largest absolute Gasteiger partial charge is 0.0991 e. The molecule has 0 nitrogen and oxygen atoms in total. The van der Waals surface area contributed by atoms with Gasteiger partial charge in [0.2, 0.25) is 0 Å². The van der Waals surface area contributed by atoms with Gasteiger partial charge in [0, 0.05) is 0 Å². The van der Waals surface area contributed by atoms with Crippen LogP contribution >= 0.6 is 0 Å². The SMILES string of the molecule is C=C/C=C(\C=C)CCCC1CC2C=CC1C2. The summed E-state index contributed by atoms with van der Waals surface area (Å²) in [5.74, 6) is 2.78. The molecule has 0 aliphatic heterocycles. The summed E-state index contributed by atoms with van der Waals surface area (Å²) in [4.78, 5) is 0. The van der Waals surface area contributed by atoms with Gasteiger partial charge in [-0.25, -0.2) is 0 Å². The molecule has 2 aliphatic rings. The maximum absolute atomic E-state index is 3.84. The summed E-state index contributed by atoms with van der Waals surface area (Å²) in [5.41, 5.74) is 1.33. The molecule has 0 spiro atoms. The van der Waals surface area contributed by atoms with Crippen molar-refractivity contribution in [2.24, 2.45) is 17.8 Å². The molecule has 86 valence electrons. The molecular weight excluding hydrogens is 192 g/mol. The molecule has 0 heterocycles. The molecule has 0 aromatic rings. The minimum absolute atomic E-state index is 0.903. The van der Waals surface area contributed by atoms with Crippen LogP contribution in [0, 0.1) is 17.8 Å². The van der Waals surface area contributed by atoms with Crippen molar-refractivity contribution in [2.75, 3.05) is 0 Å². The van der Waals surface area contributed by atoms with Crippen molar-refractivity contribution in [3.05, 3.63) is 49.1 Å². The van der Waals surface area contributed by atoms with E-state index < -0.39 is 0 Å². The Morgan fingerprint density at radius 1 is 1.25 bits per heavy atom. The van der Waals surface area contributed by atoms with E-state index >= 15 is 0 Å². The summed E-state index contributed by atoms with van der Waals surface area (Å²) in [6.07, 6.45) is 17.5. The highest BCUT2D eigenvalue weighted by molar-refractivity contribution is 5.20. The molecule has 2 rings (SSSR count). The topological polar surface area (TPSA) is 0 Å². The summed E-state index contributed by atoms with van der Waals surface area (Å²) in [6.45, 7) is 7.57. The lowest BCUT2D eigenvalue weighted by molar-refractivity contribution is 0.404. The highest BCUT2D eigenvalue weighted by Crippen LogP contribution is 2.45. The molecule has 0 aromatic carbocycles. The number of rotatable bonds is 6. The Hall–Kier alpha value is -1.04. The van der Waals surface area contributed by atoms with Crippen LogP contribution in [0.25, 0.3) is 0 Å². The molecular formula is C16H22. The molecule has 2 bridgehead atoms. The fraction of sp³-hybridized carbons (Fsp3) is 0.500. The first-order valence-corrected chi connectivity index (χ1v) is 6.46. The second kappa shape index (κ2) is 5.34. The summed E-state index contributed by atoms with van der Waals surface area (Å²) in [5, 5.41) is 0. The molecule has 1 fully saturated rings. The van der Waals surface area contributed by atoms with E-state index in [0.29, 0.717) is 0 Å². The standard InChI is InChI=1S/C16H22/c1-3-6-13(4-2)7-5-8-15-11-14-9-10-16(15)12-14/h3-4,6,9-10,14-16H,1-2,5,7-8,11-12H2/b13-6+. The van der Waals surface area contributed by atoms with Crippen molar-refractivity contribution < 1.29 is 0 Å². The molecule has 0 radical (unpaired) electrons. The third-order valence-electron chi connectivity index (χ3n) is 4.05. The molecule has 0 N–H and O–H groups in total. The highest BCUT2D eigenvalue weighted by atomic mass is 14.4. The second-order valence-electron chi connectivity index (χ2n) is 5.11. The van der Waals surface area contributed by atoms with Gasteiger partial charge in [0.15, 0.2) is 0 Å². The van der Waals surface area contributed by atoms with Crippen LogP contribution in [0.5, 0.6) is 0 Å². The zero-order chi connectivity index (χ0) is 11.4. The zero-order valence-electron chi connectivity index (χ0n) is 10.1. The Bertz CT molecular complexity index is 319. The van der Waals surface area contributed by atoms with Gasteiger partial charge in [-0.2, -0.15) is 0 Å². The van der Waals surface area contributed by atoms with Gasteiger partial charge in [-0.05, 0) is 55.4 Å². The van der Waals surface area contributed by atoms with Crippen LogP contribution < -0.4 is 0 Å². The van der Waals surface area contributed by atoms with Crippen molar-refractivity contribution in [1.29, 1.82) is 0 Å². The van der Waals surface area contributed by atoms with Crippen molar-refractivity contribution in [1.82, 2.24) is 0 Å². The third-order valence-corrected chi connectivity index (χ3v) is 4.05.